The minimum Gasteiger partial charge on any atom is -0.452 e. The number of aryl methyl sites for hydroxylation is 1. The highest BCUT2D eigenvalue weighted by Gasteiger charge is 2.19. The predicted octanol–water partition coefficient (Wildman–Crippen LogP) is 3.96. The van der Waals surface area contributed by atoms with Gasteiger partial charge in [-0.15, -0.1) is 0 Å². The summed E-state index contributed by atoms with van der Waals surface area (Å²) in [6, 6.07) is 14.3. The monoisotopic (exact) mass is 435 g/mol. The summed E-state index contributed by atoms with van der Waals surface area (Å²) in [5, 5.41) is 7.86. The molecule has 9 heteroatoms. The van der Waals surface area contributed by atoms with E-state index in [2.05, 4.69) is 20.4 Å². The number of halogens is 1. The molecule has 3 aromatic heterocycles. The first-order valence-electron chi connectivity index (χ1n) is 9.55. The Kier molecular flexibility index (Phi) is 5.90. The van der Waals surface area contributed by atoms with Gasteiger partial charge >= 0.3 is 5.97 Å². The van der Waals surface area contributed by atoms with E-state index in [-0.39, 0.29) is 0 Å². The van der Waals surface area contributed by atoms with Crippen LogP contribution in [0.5, 0.6) is 0 Å². The van der Waals surface area contributed by atoms with Crippen LogP contribution in [-0.4, -0.2) is 38.2 Å². The lowest BCUT2D eigenvalue weighted by Crippen LogP contribution is -2.21. The van der Waals surface area contributed by atoms with Gasteiger partial charge in [0.05, 0.1) is 27.9 Å². The quantitative estimate of drug-likeness (QED) is 0.460. The number of nitrogens with zero attached hydrogens (tertiary/aromatic N) is 4. The molecule has 31 heavy (non-hydrogen) atoms. The normalized spacial score (nSPS) is 10.8. The number of carbonyl (C=O) groups is 2. The van der Waals surface area contributed by atoms with Crippen molar-refractivity contribution >= 4 is 40.3 Å². The number of ether oxygens (including phenoxy) is 1. The Balaban J connectivity index is 1.57. The molecule has 0 radical (unpaired) electrons. The minimum absolute atomic E-state index is 0.293. The van der Waals surface area contributed by atoms with Crippen LogP contribution in [0.1, 0.15) is 17.3 Å². The smallest absolute Gasteiger partial charge is 0.339 e. The first-order chi connectivity index (χ1) is 15.0. The average molecular weight is 436 g/mol. The van der Waals surface area contributed by atoms with Crippen LogP contribution in [0.25, 0.3) is 22.3 Å². The Morgan fingerprint density at radius 1 is 1.13 bits per heavy atom. The first kappa shape index (κ1) is 20.5. The van der Waals surface area contributed by atoms with Crippen molar-refractivity contribution in [3.8, 4) is 11.3 Å². The number of pyridine rings is 2. The largest absolute Gasteiger partial charge is 0.452 e. The zero-order valence-corrected chi connectivity index (χ0v) is 17.3. The first-order valence-corrected chi connectivity index (χ1v) is 9.93. The highest BCUT2D eigenvalue weighted by Crippen LogP contribution is 2.25. The van der Waals surface area contributed by atoms with Crippen LogP contribution in [0.2, 0.25) is 5.02 Å². The van der Waals surface area contributed by atoms with Gasteiger partial charge in [0, 0.05) is 18.3 Å². The molecule has 0 fully saturated rings. The van der Waals surface area contributed by atoms with Gasteiger partial charge in [0.1, 0.15) is 5.82 Å². The van der Waals surface area contributed by atoms with E-state index < -0.39 is 18.5 Å². The molecule has 0 aliphatic rings. The van der Waals surface area contributed by atoms with Crippen LogP contribution in [-0.2, 0) is 16.1 Å². The molecule has 156 valence electrons. The maximum Gasteiger partial charge on any atom is 0.339 e. The molecule has 0 spiro atoms. The number of benzene rings is 1. The molecular formula is C22H18ClN5O3. The number of rotatable bonds is 6. The second kappa shape index (κ2) is 8.93. The van der Waals surface area contributed by atoms with Gasteiger partial charge in [0.25, 0.3) is 5.91 Å². The SMILES string of the molecule is CCn1ncc2c(C(=O)OCC(=O)Nc3ccc(Cl)cn3)cc(-c3ccccc3)nc21. The molecule has 0 saturated carbocycles. The van der Waals surface area contributed by atoms with Crippen LogP contribution >= 0.6 is 11.6 Å². The Morgan fingerprint density at radius 2 is 1.94 bits per heavy atom. The van der Waals surface area contributed by atoms with E-state index in [1.165, 1.54) is 6.20 Å². The highest BCUT2D eigenvalue weighted by molar-refractivity contribution is 6.30. The van der Waals surface area contributed by atoms with Crippen molar-refractivity contribution in [2.45, 2.75) is 13.5 Å². The number of fused-ring (bicyclic) bond motifs is 1. The van der Waals surface area contributed by atoms with Gasteiger partial charge in [-0.1, -0.05) is 41.9 Å². The number of anilines is 1. The van der Waals surface area contributed by atoms with E-state index in [0.717, 1.165) is 5.56 Å². The van der Waals surface area contributed by atoms with E-state index in [0.29, 0.717) is 39.7 Å². The van der Waals surface area contributed by atoms with Crippen LogP contribution in [0.3, 0.4) is 0 Å². The molecule has 0 unspecified atom stereocenters. The molecule has 0 aliphatic heterocycles. The summed E-state index contributed by atoms with van der Waals surface area (Å²) >= 11 is 5.78. The lowest BCUT2D eigenvalue weighted by molar-refractivity contribution is -0.119. The molecule has 0 aliphatic carbocycles. The Labute approximate surface area is 182 Å². The van der Waals surface area contributed by atoms with Crippen molar-refractivity contribution in [2.75, 3.05) is 11.9 Å². The van der Waals surface area contributed by atoms with Crippen LogP contribution < -0.4 is 5.32 Å². The molecule has 3 heterocycles. The molecule has 0 saturated heterocycles. The summed E-state index contributed by atoms with van der Waals surface area (Å²) in [4.78, 5) is 33.6. The fourth-order valence-corrected chi connectivity index (χ4v) is 3.15. The third-order valence-corrected chi connectivity index (χ3v) is 4.75. The van der Waals surface area contributed by atoms with Gasteiger partial charge in [-0.25, -0.2) is 19.4 Å². The van der Waals surface area contributed by atoms with Crippen LogP contribution in [0.4, 0.5) is 5.82 Å². The molecule has 1 amide bonds. The lowest BCUT2D eigenvalue weighted by atomic mass is 10.1. The Hall–Kier alpha value is -3.78. The number of aromatic nitrogens is 4. The maximum absolute atomic E-state index is 12.8. The summed E-state index contributed by atoms with van der Waals surface area (Å²) in [6.45, 7) is 2.08. The number of hydrogen-bond acceptors (Lipinski definition) is 6. The van der Waals surface area contributed by atoms with Gasteiger partial charge in [0.15, 0.2) is 12.3 Å². The van der Waals surface area contributed by atoms with Crippen molar-refractivity contribution in [3.05, 3.63) is 71.5 Å². The zero-order chi connectivity index (χ0) is 21.8. The Bertz CT molecular complexity index is 1240. The van der Waals surface area contributed by atoms with Crippen molar-refractivity contribution < 1.29 is 14.3 Å². The summed E-state index contributed by atoms with van der Waals surface area (Å²) in [7, 11) is 0. The van der Waals surface area contributed by atoms with Crippen molar-refractivity contribution in [3.63, 3.8) is 0 Å². The van der Waals surface area contributed by atoms with Crippen molar-refractivity contribution in [1.82, 2.24) is 19.7 Å². The second-order valence-corrected chi connectivity index (χ2v) is 7.04. The standard InChI is InChI=1S/C22H18ClN5O3/c1-2-28-21-17(12-25-28)16(10-18(26-21)14-6-4-3-5-7-14)22(30)31-13-20(29)27-19-9-8-15(23)11-24-19/h3-12H,2,13H2,1H3,(H,24,27,29). The van der Waals surface area contributed by atoms with E-state index >= 15 is 0 Å². The third kappa shape index (κ3) is 4.54. The van der Waals surface area contributed by atoms with E-state index in [1.807, 2.05) is 37.3 Å². The van der Waals surface area contributed by atoms with Gasteiger partial charge < -0.3 is 10.1 Å². The average Bonchev–Trinajstić information content (AvgIpc) is 3.22. The van der Waals surface area contributed by atoms with Crippen molar-refractivity contribution in [1.29, 1.82) is 0 Å². The Morgan fingerprint density at radius 3 is 2.65 bits per heavy atom. The number of amides is 1. The van der Waals surface area contributed by atoms with E-state index in [4.69, 9.17) is 16.3 Å². The van der Waals surface area contributed by atoms with Gasteiger partial charge in [-0.05, 0) is 25.1 Å². The highest BCUT2D eigenvalue weighted by atomic mass is 35.5. The molecule has 0 bridgehead atoms. The fraction of sp³-hybridized carbons (Fsp3) is 0.136. The second-order valence-electron chi connectivity index (χ2n) is 6.60. The van der Waals surface area contributed by atoms with Gasteiger partial charge in [0.2, 0.25) is 0 Å². The maximum atomic E-state index is 12.8. The van der Waals surface area contributed by atoms with Gasteiger partial charge in [-0.3, -0.25) is 4.79 Å². The summed E-state index contributed by atoms with van der Waals surface area (Å²) < 4.78 is 6.96. The number of esters is 1. The minimum atomic E-state index is -0.639. The van der Waals surface area contributed by atoms with Gasteiger partial charge in [-0.2, -0.15) is 5.10 Å². The molecule has 1 aromatic carbocycles. The molecule has 1 N–H and O–H groups in total. The summed E-state index contributed by atoms with van der Waals surface area (Å²) in [5.41, 5.74) is 2.34. The van der Waals surface area contributed by atoms with E-state index in [9.17, 15) is 9.59 Å². The summed E-state index contributed by atoms with van der Waals surface area (Å²) in [5.74, 6) is -0.840. The molecule has 4 rings (SSSR count). The number of nitrogens with one attached hydrogen (secondary N) is 1. The number of carbonyl (C=O) groups excluding carboxylic acids is 2. The molecule has 8 nitrogen and oxygen atoms in total. The fourth-order valence-electron chi connectivity index (χ4n) is 3.04. The van der Waals surface area contributed by atoms with E-state index in [1.54, 1.807) is 29.1 Å². The zero-order valence-electron chi connectivity index (χ0n) is 16.6. The molecule has 4 aromatic rings. The van der Waals surface area contributed by atoms with Crippen LogP contribution in [0.15, 0.2) is 60.9 Å². The van der Waals surface area contributed by atoms with Crippen LogP contribution in [0, 0.1) is 0 Å². The third-order valence-electron chi connectivity index (χ3n) is 4.53. The lowest BCUT2D eigenvalue weighted by Gasteiger charge is -2.09. The summed E-state index contributed by atoms with van der Waals surface area (Å²) in [6.07, 6.45) is 2.99. The number of hydrogen-bond donors (Lipinski definition) is 1. The molecular weight excluding hydrogens is 418 g/mol. The topological polar surface area (TPSA) is 99.0 Å². The predicted molar refractivity (Wildman–Crippen MR) is 117 cm³/mol. The van der Waals surface area contributed by atoms with Crippen molar-refractivity contribution in [2.24, 2.45) is 0 Å². The molecule has 0 atom stereocenters.